The highest BCUT2D eigenvalue weighted by Crippen LogP contribution is 2.10. The maximum atomic E-state index is 4.31. The van der Waals surface area contributed by atoms with Gasteiger partial charge in [-0.2, -0.15) is 0 Å². The van der Waals surface area contributed by atoms with Crippen molar-refractivity contribution >= 4 is 0 Å². The molecule has 94 valence electrons. The lowest BCUT2D eigenvalue weighted by molar-refractivity contribution is 0.677. The summed E-state index contributed by atoms with van der Waals surface area (Å²) >= 11 is 0. The van der Waals surface area contributed by atoms with Gasteiger partial charge < -0.3 is 5.32 Å². The lowest BCUT2D eigenvalue weighted by atomic mass is 10.1. The van der Waals surface area contributed by atoms with E-state index in [0.29, 0.717) is 0 Å². The lowest BCUT2D eigenvalue weighted by Crippen LogP contribution is -2.17. The molecule has 0 saturated carbocycles. The van der Waals surface area contributed by atoms with Crippen LogP contribution in [0.25, 0.3) is 0 Å². The predicted octanol–water partition coefficient (Wildman–Crippen LogP) is 3.03. The first kappa shape index (κ1) is 12.8. The number of benzene rings is 1. The minimum Gasteiger partial charge on any atom is -0.312 e. The number of nitrogens with one attached hydrogen (secondary N) is 1. The van der Waals surface area contributed by atoms with Gasteiger partial charge in [-0.3, -0.25) is 4.98 Å². The molecule has 0 amide bonds. The van der Waals surface area contributed by atoms with E-state index in [1.54, 1.807) is 0 Å². The van der Waals surface area contributed by atoms with Crippen LogP contribution >= 0.6 is 0 Å². The fourth-order valence-electron chi connectivity index (χ4n) is 1.98. The van der Waals surface area contributed by atoms with E-state index in [0.717, 1.165) is 25.2 Å². The summed E-state index contributed by atoms with van der Waals surface area (Å²) < 4.78 is 0. The molecule has 2 aromatic rings. The molecule has 1 N–H and O–H groups in total. The predicted molar refractivity (Wildman–Crippen MR) is 75.6 cm³/mol. The van der Waals surface area contributed by atoms with Crippen LogP contribution in [0.2, 0.25) is 0 Å². The van der Waals surface area contributed by atoms with Crippen LogP contribution in [-0.2, 0) is 13.0 Å². The molecule has 0 aliphatic heterocycles. The maximum absolute atomic E-state index is 4.31. The summed E-state index contributed by atoms with van der Waals surface area (Å²) in [5.41, 5.74) is 5.20. The summed E-state index contributed by atoms with van der Waals surface area (Å²) in [7, 11) is 0. The SMILES string of the molecule is Cc1ccc(C)c(CNCCc2ccccn2)c1. The largest absolute Gasteiger partial charge is 0.312 e. The van der Waals surface area contributed by atoms with Crippen molar-refractivity contribution < 1.29 is 0 Å². The van der Waals surface area contributed by atoms with Crippen LogP contribution < -0.4 is 5.32 Å². The van der Waals surface area contributed by atoms with Crippen molar-refractivity contribution in [3.63, 3.8) is 0 Å². The zero-order chi connectivity index (χ0) is 12.8. The van der Waals surface area contributed by atoms with E-state index in [4.69, 9.17) is 0 Å². The second-order valence-electron chi connectivity index (χ2n) is 4.68. The van der Waals surface area contributed by atoms with Crippen LogP contribution in [-0.4, -0.2) is 11.5 Å². The van der Waals surface area contributed by atoms with Gasteiger partial charge in [-0.25, -0.2) is 0 Å². The Morgan fingerprint density at radius 2 is 2.00 bits per heavy atom. The van der Waals surface area contributed by atoms with Gasteiger partial charge in [0.2, 0.25) is 0 Å². The average Bonchev–Trinajstić information content (AvgIpc) is 2.40. The molecule has 0 aliphatic carbocycles. The monoisotopic (exact) mass is 240 g/mol. The summed E-state index contributed by atoms with van der Waals surface area (Å²) in [6.07, 6.45) is 2.83. The Morgan fingerprint density at radius 3 is 2.78 bits per heavy atom. The molecule has 0 fully saturated rings. The molecule has 0 radical (unpaired) electrons. The standard InChI is InChI=1S/C16H20N2/c1-13-6-7-14(2)15(11-13)12-17-10-8-16-5-3-4-9-18-16/h3-7,9,11,17H,8,10,12H2,1-2H3. The van der Waals surface area contributed by atoms with Crippen LogP contribution in [0, 0.1) is 13.8 Å². The molecule has 0 bridgehead atoms. The summed E-state index contributed by atoms with van der Waals surface area (Å²) in [5.74, 6) is 0. The Labute approximate surface area is 109 Å². The molecule has 1 heterocycles. The van der Waals surface area contributed by atoms with E-state index in [1.807, 2.05) is 18.3 Å². The zero-order valence-corrected chi connectivity index (χ0v) is 11.1. The molecule has 2 heteroatoms. The van der Waals surface area contributed by atoms with Crippen molar-refractivity contribution in [2.75, 3.05) is 6.54 Å². The third-order valence-electron chi connectivity index (χ3n) is 3.10. The highest BCUT2D eigenvalue weighted by atomic mass is 14.9. The third kappa shape index (κ3) is 3.67. The van der Waals surface area contributed by atoms with Gasteiger partial charge in [-0.1, -0.05) is 29.8 Å². The topological polar surface area (TPSA) is 24.9 Å². The van der Waals surface area contributed by atoms with Crippen molar-refractivity contribution in [1.82, 2.24) is 10.3 Å². The first-order valence-corrected chi connectivity index (χ1v) is 6.42. The molecule has 2 rings (SSSR count). The second kappa shape index (κ2) is 6.31. The zero-order valence-electron chi connectivity index (χ0n) is 11.1. The number of hydrogen-bond donors (Lipinski definition) is 1. The Balaban J connectivity index is 1.80. The highest BCUT2D eigenvalue weighted by molar-refractivity contribution is 5.30. The van der Waals surface area contributed by atoms with Gasteiger partial charge in [0.05, 0.1) is 0 Å². The fraction of sp³-hybridized carbons (Fsp3) is 0.312. The van der Waals surface area contributed by atoms with E-state index in [9.17, 15) is 0 Å². The van der Waals surface area contributed by atoms with E-state index < -0.39 is 0 Å². The van der Waals surface area contributed by atoms with Crippen molar-refractivity contribution in [2.45, 2.75) is 26.8 Å². The summed E-state index contributed by atoms with van der Waals surface area (Å²) in [5, 5.41) is 3.48. The third-order valence-corrected chi connectivity index (χ3v) is 3.10. The smallest absolute Gasteiger partial charge is 0.0416 e. The van der Waals surface area contributed by atoms with Gasteiger partial charge in [0.1, 0.15) is 0 Å². The van der Waals surface area contributed by atoms with Gasteiger partial charge in [-0.15, -0.1) is 0 Å². The number of hydrogen-bond acceptors (Lipinski definition) is 2. The van der Waals surface area contributed by atoms with Gasteiger partial charge in [0.25, 0.3) is 0 Å². The molecule has 0 saturated heterocycles. The van der Waals surface area contributed by atoms with Crippen LogP contribution in [0.5, 0.6) is 0 Å². The number of nitrogens with zero attached hydrogens (tertiary/aromatic N) is 1. The average molecular weight is 240 g/mol. The van der Waals surface area contributed by atoms with E-state index in [-0.39, 0.29) is 0 Å². The van der Waals surface area contributed by atoms with Crippen molar-refractivity contribution in [3.05, 3.63) is 65.0 Å². The molecule has 1 aromatic carbocycles. The van der Waals surface area contributed by atoms with Crippen molar-refractivity contribution in [1.29, 1.82) is 0 Å². The molecule has 0 aliphatic rings. The molecule has 0 atom stereocenters. The first-order chi connectivity index (χ1) is 8.75. The molecular weight excluding hydrogens is 220 g/mol. The van der Waals surface area contributed by atoms with Gasteiger partial charge in [0.15, 0.2) is 0 Å². The van der Waals surface area contributed by atoms with Crippen LogP contribution in [0.4, 0.5) is 0 Å². The molecular formula is C16H20N2. The second-order valence-corrected chi connectivity index (χ2v) is 4.68. The lowest BCUT2D eigenvalue weighted by Gasteiger charge is -2.08. The minimum atomic E-state index is 0.931. The van der Waals surface area contributed by atoms with Crippen molar-refractivity contribution in [2.24, 2.45) is 0 Å². The molecule has 18 heavy (non-hydrogen) atoms. The molecule has 1 aromatic heterocycles. The summed E-state index contributed by atoms with van der Waals surface area (Å²) in [6.45, 7) is 6.19. The Bertz CT molecular complexity index is 492. The van der Waals surface area contributed by atoms with E-state index in [1.165, 1.54) is 16.7 Å². The number of rotatable bonds is 5. The minimum absolute atomic E-state index is 0.931. The van der Waals surface area contributed by atoms with Gasteiger partial charge in [0, 0.05) is 31.4 Å². The fourth-order valence-corrected chi connectivity index (χ4v) is 1.98. The Morgan fingerprint density at radius 1 is 1.11 bits per heavy atom. The summed E-state index contributed by atoms with van der Waals surface area (Å²) in [6, 6.07) is 12.7. The van der Waals surface area contributed by atoms with Crippen LogP contribution in [0.1, 0.15) is 22.4 Å². The number of aromatic nitrogens is 1. The van der Waals surface area contributed by atoms with Crippen LogP contribution in [0.15, 0.2) is 42.6 Å². The maximum Gasteiger partial charge on any atom is 0.0416 e. The number of aryl methyl sites for hydroxylation is 2. The number of pyridine rings is 1. The van der Waals surface area contributed by atoms with E-state index >= 15 is 0 Å². The molecule has 2 nitrogen and oxygen atoms in total. The molecule has 0 unspecified atom stereocenters. The molecule has 0 spiro atoms. The summed E-state index contributed by atoms with van der Waals surface area (Å²) in [4.78, 5) is 4.31. The normalized spacial score (nSPS) is 10.6. The van der Waals surface area contributed by atoms with Gasteiger partial charge in [-0.05, 0) is 37.1 Å². The Kier molecular flexibility index (Phi) is 4.48. The van der Waals surface area contributed by atoms with Crippen LogP contribution in [0.3, 0.4) is 0 Å². The quantitative estimate of drug-likeness (QED) is 0.813. The van der Waals surface area contributed by atoms with E-state index in [2.05, 4.69) is 48.4 Å². The van der Waals surface area contributed by atoms with Crippen molar-refractivity contribution in [3.8, 4) is 0 Å². The van der Waals surface area contributed by atoms with Gasteiger partial charge >= 0.3 is 0 Å². The highest BCUT2D eigenvalue weighted by Gasteiger charge is 1.98. The Hall–Kier alpha value is -1.67. The first-order valence-electron chi connectivity index (χ1n) is 6.42.